The molecular weight excluding hydrogens is 614 g/mol. The number of nitrogens with one attached hydrogen (secondary N) is 2. The third-order valence-electron chi connectivity index (χ3n) is 9.73. The maximum absolute atomic E-state index is 14.0. The molecule has 4 aromatic rings. The number of amides is 3. The van der Waals surface area contributed by atoms with Gasteiger partial charge in [0.15, 0.2) is 6.61 Å². The van der Waals surface area contributed by atoms with Gasteiger partial charge in [-0.3, -0.25) is 24.1 Å². The van der Waals surface area contributed by atoms with Crippen LogP contribution < -0.4 is 19.8 Å². The molecule has 228 valence electrons. The zero-order valence-electron chi connectivity index (χ0n) is 24.1. The Morgan fingerprint density at radius 3 is 2.49 bits per heavy atom. The molecule has 7 atom stereocenters. The molecule has 8 rings (SSSR count). The van der Waals surface area contributed by atoms with Crippen LogP contribution in [0.3, 0.4) is 0 Å². The van der Waals surface area contributed by atoms with Crippen LogP contribution in [0.4, 0.5) is 15.8 Å². The molecule has 0 spiro atoms. The van der Waals surface area contributed by atoms with Gasteiger partial charge in [-0.15, -0.1) is 11.8 Å². The molecule has 3 aromatic carbocycles. The second-order valence-electron chi connectivity index (χ2n) is 12.2. The van der Waals surface area contributed by atoms with Crippen molar-refractivity contribution in [2.24, 2.45) is 29.6 Å². The number of carbonyl (C=O) groups excluding carboxylic acids is 3. The Bertz CT molecular complexity index is 1910. The predicted molar refractivity (Wildman–Crippen MR) is 169 cm³/mol. The normalized spacial score (nSPS) is 27.7. The van der Waals surface area contributed by atoms with Crippen molar-refractivity contribution >= 4 is 52.2 Å². The Kier molecular flexibility index (Phi) is 6.72. The molecule has 0 radical (unpaired) electrons. The van der Waals surface area contributed by atoms with Crippen LogP contribution in [0, 0.1) is 42.3 Å². The van der Waals surface area contributed by atoms with Crippen molar-refractivity contribution in [1.82, 2.24) is 4.98 Å². The summed E-state index contributed by atoms with van der Waals surface area (Å²) < 4.78 is 19.1. The van der Waals surface area contributed by atoms with E-state index >= 15 is 0 Å². The highest BCUT2D eigenvalue weighted by atomic mass is 32.2. The lowest BCUT2D eigenvalue weighted by atomic mass is 9.68. The highest BCUT2D eigenvalue weighted by Crippen LogP contribution is 2.68. The quantitative estimate of drug-likeness (QED) is 0.266. The first-order valence-corrected chi connectivity index (χ1v) is 16.6. The molecule has 8 nitrogen and oxygen atoms in total. The maximum atomic E-state index is 14.0. The number of aromatic nitrogens is 1. The Balaban J connectivity index is 1.08. The minimum Gasteiger partial charge on any atom is -0.484 e. The number of anilines is 2. The molecule has 2 aliphatic carbocycles. The van der Waals surface area contributed by atoms with Gasteiger partial charge in [-0.1, -0.05) is 41.2 Å². The zero-order chi connectivity index (χ0) is 31.0. The number of halogens is 1. The predicted octanol–water partition coefficient (Wildman–Crippen LogP) is 5.58. The Morgan fingerprint density at radius 1 is 1.00 bits per heavy atom. The van der Waals surface area contributed by atoms with Gasteiger partial charge in [-0.2, -0.15) is 0 Å². The lowest BCUT2D eigenvalue weighted by Gasteiger charge is -2.43. The third-order valence-corrected chi connectivity index (χ3v) is 12.3. The fourth-order valence-corrected chi connectivity index (χ4v) is 10.9. The van der Waals surface area contributed by atoms with Crippen LogP contribution in [0.2, 0.25) is 0 Å². The molecule has 2 saturated carbocycles. The molecule has 3 fully saturated rings. The average Bonchev–Trinajstić information content (AvgIpc) is 3.77. The molecule has 4 aliphatic rings. The minimum absolute atomic E-state index is 0.00851. The summed E-state index contributed by atoms with van der Waals surface area (Å²) in [6, 6.07) is 20.6. The van der Waals surface area contributed by atoms with Gasteiger partial charge in [0.1, 0.15) is 11.6 Å². The molecule has 45 heavy (non-hydrogen) atoms. The summed E-state index contributed by atoms with van der Waals surface area (Å²) in [5.41, 5.74) is 3.08. The van der Waals surface area contributed by atoms with E-state index in [0.29, 0.717) is 17.1 Å². The van der Waals surface area contributed by atoms with Crippen molar-refractivity contribution in [2.45, 2.75) is 29.5 Å². The van der Waals surface area contributed by atoms with Crippen molar-refractivity contribution in [1.29, 1.82) is 0 Å². The molecule has 4 unspecified atom stereocenters. The first-order chi connectivity index (χ1) is 21.8. The molecule has 1 saturated heterocycles. The molecule has 11 heteroatoms. The van der Waals surface area contributed by atoms with Crippen molar-refractivity contribution in [2.75, 3.05) is 16.8 Å². The second kappa shape index (κ2) is 10.7. The number of aromatic amines is 1. The van der Waals surface area contributed by atoms with Crippen molar-refractivity contribution in [3.8, 4) is 5.75 Å². The van der Waals surface area contributed by atoms with Crippen LogP contribution in [0.25, 0.3) is 0 Å². The molecule has 2 aliphatic heterocycles. The van der Waals surface area contributed by atoms with Gasteiger partial charge < -0.3 is 15.0 Å². The lowest BCUT2D eigenvalue weighted by Crippen LogP contribution is -2.42. The van der Waals surface area contributed by atoms with E-state index in [1.54, 1.807) is 17.8 Å². The van der Waals surface area contributed by atoms with Crippen molar-refractivity contribution < 1.29 is 23.5 Å². The Labute approximate surface area is 266 Å². The van der Waals surface area contributed by atoms with E-state index < -0.39 is 5.82 Å². The summed E-state index contributed by atoms with van der Waals surface area (Å²) in [5, 5.41) is 3.60. The van der Waals surface area contributed by atoms with Crippen LogP contribution in [-0.2, 0) is 14.4 Å². The smallest absolute Gasteiger partial charge is 0.305 e. The Hall–Kier alpha value is -4.22. The third kappa shape index (κ3) is 4.63. The molecule has 3 heterocycles. The summed E-state index contributed by atoms with van der Waals surface area (Å²) in [5.74, 6) is -1.37. The molecule has 2 N–H and O–H groups in total. The van der Waals surface area contributed by atoms with E-state index in [2.05, 4.69) is 10.3 Å². The topological polar surface area (TPSA) is 109 Å². The number of thiazole rings is 1. The highest BCUT2D eigenvalue weighted by molar-refractivity contribution is 8.00. The van der Waals surface area contributed by atoms with Gasteiger partial charge in [0.25, 0.3) is 5.91 Å². The molecule has 3 amide bonds. The number of fused-ring (bicyclic) bond motifs is 9. The number of hydrogen-bond acceptors (Lipinski definition) is 7. The molecule has 2 bridgehead atoms. The van der Waals surface area contributed by atoms with Crippen molar-refractivity contribution in [3.63, 3.8) is 0 Å². The number of carbonyl (C=O) groups is 3. The number of H-pyrrole nitrogens is 1. The Morgan fingerprint density at radius 2 is 1.73 bits per heavy atom. The van der Waals surface area contributed by atoms with Gasteiger partial charge in [0.05, 0.1) is 22.5 Å². The first-order valence-electron chi connectivity index (χ1n) is 14.9. The van der Waals surface area contributed by atoms with Gasteiger partial charge in [-0.05, 0) is 85.2 Å². The SMILES string of the molecule is Cc1ccc(N2C(=O)C3C(C2=O)[C@@H]2C[C@H]3C3Sc4[nH]c(=O)sc4[C@H](c4cccc(OCC(=O)Nc5ccc(F)cc5)c4)C32)cc1. The van der Waals surface area contributed by atoms with Crippen LogP contribution in [0.5, 0.6) is 5.75 Å². The molecule has 1 aromatic heterocycles. The fraction of sp³-hybridized carbons (Fsp3) is 0.294. The number of imide groups is 1. The zero-order valence-corrected chi connectivity index (χ0v) is 25.7. The highest BCUT2D eigenvalue weighted by Gasteiger charge is 2.69. The van der Waals surface area contributed by atoms with E-state index in [4.69, 9.17) is 4.74 Å². The monoisotopic (exact) mass is 641 g/mol. The van der Waals surface area contributed by atoms with E-state index in [1.807, 2.05) is 49.4 Å². The number of ether oxygens (including phenoxy) is 1. The summed E-state index contributed by atoms with van der Waals surface area (Å²) in [4.78, 5) is 58.2. The number of hydrogen-bond donors (Lipinski definition) is 2. The van der Waals surface area contributed by atoms with Gasteiger partial charge in [-0.25, -0.2) is 4.39 Å². The number of aryl methyl sites for hydroxylation is 1. The molecular formula is C34H28FN3O5S2. The van der Waals surface area contributed by atoms with E-state index in [0.717, 1.165) is 27.5 Å². The second-order valence-corrected chi connectivity index (χ2v) is 14.4. The van der Waals surface area contributed by atoms with Crippen LogP contribution >= 0.6 is 23.1 Å². The summed E-state index contributed by atoms with van der Waals surface area (Å²) in [7, 11) is 0. The standard InChI is InChI=1S/C34H28FN3O5S2/c1-16-5-11-20(12-6-16)38-32(40)27-22-14-23(28(27)33(38)41)29-26(22)25(30-31(44-29)37-34(42)45-30)17-3-2-4-21(13-17)43-15-24(39)36-19-9-7-18(35)8-10-19/h2-13,22-23,25-29H,14-15H2,1H3,(H,36,39)(H,37,42)/t22-,23-,25-,26?,27?,28?,29?/m1/s1. The minimum atomic E-state index is -0.390. The fourth-order valence-electron chi connectivity index (χ4n) is 8.02. The number of thioether (sulfide) groups is 1. The summed E-state index contributed by atoms with van der Waals surface area (Å²) >= 11 is 2.84. The van der Waals surface area contributed by atoms with Gasteiger partial charge in [0.2, 0.25) is 11.8 Å². The number of rotatable bonds is 6. The van der Waals surface area contributed by atoms with Crippen LogP contribution in [0.15, 0.2) is 82.6 Å². The van der Waals surface area contributed by atoms with Crippen LogP contribution in [0.1, 0.15) is 28.3 Å². The van der Waals surface area contributed by atoms with E-state index in [1.165, 1.54) is 40.5 Å². The van der Waals surface area contributed by atoms with E-state index in [-0.39, 0.29) is 70.0 Å². The first kappa shape index (κ1) is 28.3. The van der Waals surface area contributed by atoms with Gasteiger partial charge in [0, 0.05) is 21.7 Å². The lowest BCUT2D eigenvalue weighted by molar-refractivity contribution is -0.123. The largest absolute Gasteiger partial charge is 0.484 e. The number of benzene rings is 3. The summed E-state index contributed by atoms with van der Waals surface area (Å²) in [6.45, 7) is 1.73. The maximum Gasteiger partial charge on any atom is 0.305 e. The van der Waals surface area contributed by atoms with Crippen LogP contribution in [-0.4, -0.2) is 34.6 Å². The average molecular weight is 642 g/mol. The number of nitrogens with zero attached hydrogens (tertiary/aromatic N) is 1. The van der Waals surface area contributed by atoms with Gasteiger partial charge >= 0.3 is 4.87 Å². The van der Waals surface area contributed by atoms with Crippen molar-refractivity contribution in [3.05, 3.63) is 104 Å². The summed E-state index contributed by atoms with van der Waals surface area (Å²) in [6.07, 6.45) is 0.798. The van der Waals surface area contributed by atoms with E-state index in [9.17, 15) is 23.6 Å².